The zero-order valence-corrected chi connectivity index (χ0v) is 12.0. The third kappa shape index (κ3) is 6.24. The maximum absolute atomic E-state index is 13.0. The summed E-state index contributed by atoms with van der Waals surface area (Å²) in [4.78, 5) is 11.9. The molecule has 0 aliphatic rings. The first kappa shape index (κ1) is 16.8. The number of carbonyl (C=O) groups is 1. The normalized spacial score (nSPS) is 12.4. The Bertz CT molecular complexity index is 408. The van der Waals surface area contributed by atoms with Crippen molar-refractivity contribution in [3.8, 4) is 0 Å². The van der Waals surface area contributed by atoms with Gasteiger partial charge in [-0.1, -0.05) is 19.8 Å². The second kappa shape index (κ2) is 8.80. The van der Waals surface area contributed by atoms with E-state index >= 15 is 0 Å². The molecular weight excluding hydrogens is 260 g/mol. The summed E-state index contributed by atoms with van der Waals surface area (Å²) in [5.74, 6) is -0.786. The molecule has 0 bridgehead atoms. The van der Waals surface area contributed by atoms with E-state index in [9.17, 15) is 13.6 Å². The van der Waals surface area contributed by atoms with Crippen molar-refractivity contribution in [3.05, 3.63) is 35.4 Å². The highest BCUT2D eigenvalue weighted by Crippen LogP contribution is 2.18. The highest BCUT2D eigenvalue weighted by atomic mass is 19.1. The first-order valence-corrected chi connectivity index (χ1v) is 7.21. The molecule has 1 unspecified atom stereocenters. The number of nitrogens with two attached hydrogens (primary N) is 1. The van der Waals surface area contributed by atoms with Gasteiger partial charge in [0.1, 0.15) is 17.4 Å². The zero-order valence-electron chi connectivity index (χ0n) is 12.0. The summed E-state index contributed by atoms with van der Waals surface area (Å²) in [5.41, 5.74) is 5.96. The molecule has 0 aliphatic heterocycles. The molecule has 0 spiro atoms. The Hall–Kier alpha value is -1.29. The fourth-order valence-corrected chi connectivity index (χ4v) is 2.47. The van der Waals surface area contributed by atoms with E-state index in [2.05, 4.69) is 6.92 Å². The average Bonchev–Trinajstić information content (AvgIpc) is 2.35. The SMILES string of the molecule is CCCC(CCN)CCC(=O)Cc1cc(F)cc(F)c1. The van der Waals surface area contributed by atoms with Gasteiger partial charge >= 0.3 is 0 Å². The predicted octanol–water partition coefficient (Wildman–Crippen LogP) is 3.62. The van der Waals surface area contributed by atoms with Gasteiger partial charge in [0, 0.05) is 18.9 Å². The van der Waals surface area contributed by atoms with Crippen molar-refractivity contribution in [2.75, 3.05) is 6.54 Å². The maximum atomic E-state index is 13.0. The third-order valence-electron chi connectivity index (χ3n) is 3.43. The van der Waals surface area contributed by atoms with Crippen LogP contribution in [-0.4, -0.2) is 12.3 Å². The summed E-state index contributed by atoms with van der Waals surface area (Å²) < 4.78 is 26.1. The molecule has 1 aromatic rings. The molecule has 0 aliphatic carbocycles. The summed E-state index contributed by atoms with van der Waals surface area (Å²) in [6.07, 6.45) is 4.42. The summed E-state index contributed by atoms with van der Waals surface area (Å²) >= 11 is 0. The lowest BCUT2D eigenvalue weighted by molar-refractivity contribution is -0.118. The number of halogens is 2. The highest BCUT2D eigenvalue weighted by molar-refractivity contribution is 5.80. The van der Waals surface area contributed by atoms with Gasteiger partial charge in [-0.3, -0.25) is 4.79 Å². The van der Waals surface area contributed by atoms with Crippen molar-refractivity contribution >= 4 is 5.78 Å². The summed E-state index contributed by atoms with van der Waals surface area (Å²) in [5, 5.41) is 0. The Morgan fingerprint density at radius 1 is 1.15 bits per heavy atom. The van der Waals surface area contributed by atoms with Gasteiger partial charge in [-0.2, -0.15) is 0 Å². The molecule has 0 amide bonds. The molecular formula is C16H23F2NO. The van der Waals surface area contributed by atoms with E-state index in [4.69, 9.17) is 5.73 Å². The molecule has 1 atom stereocenters. The van der Waals surface area contributed by atoms with Crippen molar-refractivity contribution in [3.63, 3.8) is 0 Å². The van der Waals surface area contributed by atoms with E-state index in [0.29, 0.717) is 24.4 Å². The Balaban J connectivity index is 2.46. The number of hydrogen-bond acceptors (Lipinski definition) is 2. The lowest BCUT2D eigenvalue weighted by Gasteiger charge is -2.14. The van der Waals surface area contributed by atoms with Crippen molar-refractivity contribution in [1.29, 1.82) is 0 Å². The Morgan fingerprint density at radius 2 is 1.80 bits per heavy atom. The molecule has 0 fully saturated rings. The Labute approximate surface area is 119 Å². The first-order chi connectivity index (χ1) is 9.55. The molecule has 0 saturated carbocycles. The molecule has 0 aromatic heterocycles. The highest BCUT2D eigenvalue weighted by Gasteiger charge is 2.11. The van der Waals surface area contributed by atoms with Crippen molar-refractivity contribution in [2.24, 2.45) is 11.7 Å². The minimum Gasteiger partial charge on any atom is -0.330 e. The quantitative estimate of drug-likeness (QED) is 0.752. The number of hydrogen-bond donors (Lipinski definition) is 1. The van der Waals surface area contributed by atoms with Gasteiger partial charge in [0.05, 0.1) is 0 Å². The maximum Gasteiger partial charge on any atom is 0.137 e. The molecule has 0 heterocycles. The van der Waals surface area contributed by atoms with Crippen LogP contribution in [0.4, 0.5) is 8.78 Å². The molecule has 0 radical (unpaired) electrons. The van der Waals surface area contributed by atoms with E-state index in [0.717, 1.165) is 31.7 Å². The Kier molecular flexibility index (Phi) is 7.37. The molecule has 20 heavy (non-hydrogen) atoms. The third-order valence-corrected chi connectivity index (χ3v) is 3.43. The minimum absolute atomic E-state index is 0.0214. The van der Waals surface area contributed by atoms with E-state index in [1.807, 2.05) is 0 Å². The van der Waals surface area contributed by atoms with Crippen LogP contribution in [-0.2, 0) is 11.2 Å². The van der Waals surface area contributed by atoms with Gasteiger partial charge < -0.3 is 5.73 Å². The van der Waals surface area contributed by atoms with Gasteiger partial charge in [-0.15, -0.1) is 0 Å². The number of Topliss-reactive ketones (excluding diaryl/α,β-unsaturated/α-hetero) is 1. The largest absolute Gasteiger partial charge is 0.330 e. The van der Waals surface area contributed by atoms with Crippen molar-refractivity contribution in [1.82, 2.24) is 0 Å². The fourth-order valence-electron chi connectivity index (χ4n) is 2.47. The van der Waals surface area contributed by atoms with Crippen LogP contribution >= 0.6 is 0 Å². The molecule has 2 N–H and O–H groups in total. The number of ketones is 1. The van der Waals surface area contributed by atoms with Crippen LogP contribution < -0.4 is 5.73 Å². The smallest absolute Gasteiger partial charge is 0.137 e. The second-order valence-electron chi connectivity index (χ2n) is 5.26. The molecule has 1 aromatic carbocycles. The minimum atomic E-state index is -0.639. The number of benzene rings is 1. The van der Waals surface area contributed by atoms with E-state index in [1.54, 1.807) is 0 Å². The van der Waals surface area contributed by atoms with Crippen LogP contribution in [0.2, 0.25) is 0 Å². The van der Waals surface area contributed by atoms with Gasteiger partial charge in [-0.25, -0.2) is 8.78 Å². The van der Waals surface area contributed by atoms with Gasteiger partial charge in [0.2, 0.25) is 0 Å². The van der Waals surface area contributed by atoms with Crippen LogP contribution in [0.15, 0.2) is 18.2 Å². The number of carbonyl (C=O) groups excluding carboxylic acids is 1. The monoisotopic (exact) mass is 283 g/mol. The van der Waals surface area contributed by atoms with Crippen molar-refractivity contribution < 1.29 is 13.6 Å². The van der Waals surface area contributed by atoms with Gasteiger partial charge in [0.15, 0.2) is 0 Å². The van der Waals surface area contributed by atoms with E-state index in [1.165, 1.54) is 12.1 Å². The van der Waals surface area contributed by atoms with Crippen LogP contribution in [0.3, 0.4) is 0 Å². The Morgan fingerprint density at radius 3 is 2.35 bits per heavy atom. The molecule has 2 nitrogen and oxygen atoms in total. The van der Waals surface area contributed by atoms with Crippen LogP contribution in [0, 0.1) is 17.6 Å². The topological polar surface area (TPSA) is 43.1 Å². The fraction of sp³-hybridized carbons (Fsp3) is 0.562. The summed E-state index contributed by atoms with van der Waals surface area (Å²) in [6.45, 7) is 2.74. The standard InChI is InChI=1S/C16H23F2NO/c1-2-3-12(6-7-19)4-5-16(20)10-13-8-14(17)11-15(18)9-13/h8-9,11-12H,2-7,10,19H2,1H3. The molecule has 0 saturated heterocycles. The molecule has 1 rings (SSSR count). The van der Waals surface area contributed by atoms with Gasteiger partial charge in [0.25, 0.3) is 0 Å². The van der Waals surface area contributed by atoms with E-state index in [-0.39, 0.29) is 12.2 Å². The summed E-state index contributed by atoms with van der Waals surface area (Å²) in [7, 11) is 0. The van der Waals surface area contributed by atoms with Gasteiger partial charge in [-0.05, 0) is 43.0 Å². The lowest BCUT2D eigenvalue weighted by Crippen LogP contribution is -2.12. The summed E-state index contributed by atoms with van der Waals surface area (Å²) in [6, 6.07) is 3.24. The number of rotatable bonds is 9. The molecule has 4 heteroatoms. The second-order valence-corrected chi connectivity index (χ2v) is 5.26. The first-order valence-electron chi connectivity index (χ1n) is 7.21. The van der Waals surface area contributed by atoms with Crippen LogP contribution in [0.1, 0.15) is 44.6 Å². The lowest BCUT2D eigenvalue weighted by atomic mass is 9.92. The van der Waals surface area contributed by atoms with Crippen LogP contribution in [0.25, 0.3) is 0 Å². The van der Waals surface area contributed by atoms with Crippen LogP contribution in [0.5, 0.6) is 0 Å². The zero-order chi connectivity index (χ0) is 15.0. The average molecular weight is 283 g/mol. The van der Waals surface area contributed by atoms with Crippen molar-refractivity contribution in [2.45, 2.75) is 45.4 Å². The predicted molar refractivity (Wildman–Crippen MR) is 76.4 cm³/mol. The van der Waals surface area contributed by atoms with E-state index < -0.39 is 11.6 Å². The molecule has 112 valence electrons.